The van der Waals surface area contributed by atoms with Gasteiger partial charge in [-0.1, -0.05) is 12.1 Å². The lowest BCUT2D eigenvalue weighted by atomic mass is 10.1. The van der Waals surface area contributed by atoms with Gasteiger partial charge in [0.1, 0.15) is 5.82 Å². The SMILES string of the molecule is CN(C)c1ccc(NC(=O)c2ccc(CN3C(=O)CCC3=O)cc2)cn1. The Balaban J connectivity index is 1.63. The van der Waals surface area contributed by atoms with Gasteiger partial charge in [-0.3, -0.25) is 19.3 Å². The Morgan fingerprint density at radius 1 is 1.08 bits per heavy atom. The molecule has 1 aromatic carbocycles. The fourth-order valence-electron chi connectivity index (χ4n) is 2.67. The highest BCUT2D eigenvalue weighted by Crippen LogP contribution is 2.17. The molecule has 7 nitrogen and oxygen atoms in total. The second-order valence-corrected chi connectivity index (χ2v) is 6.32. The van der Waals surface area contributed by atoms with Crippen molar-refractivity contribution in [2.24, 2.45) is 0 Å². The molecule has 2 aromatic rings. The standard InChI is InChI=1S/C19H20N4O3/c1-22(2)16-8-7-15(11-20-16)21-19(26)14-5-3-13(4-6-14)12-23-17(24)9-10-18(23)25/h3-8,11H,9-10,12H2,1-2H3,(H,21,26). The van der Waals surface area contributed by atoms with Crippen LogP contribution in [0.3, 0.4) is 0 Å². The van der Waals surface area contributed by atoms with E-state index >= 15 is 0 Å². The Hall–Kier alpha value is -3.22. The third-order valence-corrected chi connectivity index (χ3v) is 4.18. The number of carbonyl (C=O) groups is 3. The zero-order chi connectivity index (χ0) is 18.7. The zero-order valence-corrected chi connectivity index (χ0v) is 14.7. The lowest BCUT2D eigenvalue weighted by Gasteiger charge is -2.14. The quantitative estimate of drug-likeness (QED) is 0.833. The minimum atomic E-state index is -0.246. The first kappa shape index (κ1) is 17.6. The first-order chi connectivity index (χ1) is 12.4. The summed E-state index contributed by atoms with van der Waals surface area (Å²) < 4.78 is 0. The molecule has 1 aliphatic rings. The smallest absolute Gasteiger partial charge is 0.255 e. The molecule has 3 amide bonds. The van der Waals surface area contributed by atoms with Gasteiger partial charge in [-0.05, 0) is 29.8 Å². The maximum atomic E-state index is 12.3. The molecule has 0 unspecified atom stereocenters. The van der Waals surface area contributed by atoms with Crippen LogP contribution in [-0.4, -0.2) is 41.7 Å². The van der Waals surface area contributed by atoms with Crippen LogP contribution in [0.1, 0.15) is 28.8 Å². The van der Waals surface area contributed by atoms with Crippen LogP contribution in [0.5, 0.6) is 0 Å². The monoisotopic (exact) mass is 352 g/mol. The number of aromatic nitrogens is 1. The zero-order valence-electron chi connectivity index (χ0n) is 14.7. The van der Waals surface area contributed by atoms with E-state index in [1.54, 1.807) is 36.5 Å². The summed E-state index contributed by atoms with van der Waals surface area (Å²) in [6.07, 6.45) is 2.16. The molecule has 0 spiro atoms. The summed E-state index contributed by atoms with van der Waals surface area (Å²) in [5.41, 5.74) is 1.91. The second-order valence-electron chi connectivity index (χ2n) is 6.32. The topological polar surface area (TPSA) is 82.6 Å². The second kappa shape index (κ2) is 7.35. The minimum Gasteiger partial charge on any atom is -0.363 e. The summed E-state index contributed by atoms with van der Waals surface area (Å²) in [5, 5.41) is 2.79. The summed E-state index contributed by atoms with van der Waals surface area (Å²) in [4.78, 5) is 43.0. The largest absolute Gasteiger partial charge is 0.363 e. The number of amides is 3. The molecule has 0 atom stereocenters. The number of anilines is 2. The molecular formula is C19H20N4O3. The van der Waals surface area contributed by atoms with Crippen LogP contribution in [0, 0.1) is 0 Å². The van der Waals surface area contributed by atoms with E-state index in [0.29, 0.717) is 11.3 Å². The highest BCUT2D eigenvalue weighted by molar-refractivity contribution is 6.04. The number of hydrogen-bond acceptors (Lipinski definition) is 5. The number of nitrogens with zero attached hydrogens (tertiary/aromatic N) is 3. The van der Waals surface area contributed by atoms with Crippen molar-refractivity contribution in [3.05, 3.63) is 53.7 Å². The fourth-order valence-corrected chi connectivity index (χ4v) is 2.67. The Labute approximate surface area is 151 Å². The molecule has 2 heterocycles. The van der Waals surface area contributed by atoms with Gasteiger partial charge in [-0.2, -0.15) is 0 Å². The van der Waals surface area contributed by atoms with Gasteiger partial charge in [0, 0.05) is 32.5 Å². The van der Waals surface area contributed by atoms with Crippen molar-refractivity contribution in [3.8, 4) is 0 Å². The summed E-state index contributed by atoms with van der Waals surface area (Å²) in [5.74, 6) is 0.263. The molecule has 1 N–H and O–H groups in total. The predicted molar refractivity (Wildman–Crippen MR) is 97.8 cm³/mol. The van der Waals surface area contributed by atoms with Crippen molar-refractivity contribution >= 4 is 29.2 Å². The fraction of sp³-hybridized carbons (Fsp3) is 0.263. The summed E-state index contributed by atoms with van der Waals surface area (Å²) in [7, 11) is 3.79. The third kappa shape index (κ3) is 3.88. The molecule has 0 radical (unpaired) electrons. The molecule has 0 aliphatic carbocycles. The van der Waals surface area contributed by atoms with Crippen molar-refractivity contribution in [1.82, 2.24) is 9.88 Å². The Morgan fingerprint density at radius 2 is 1.73 bits per heavy atom. The molecule has 7 heteroatoms. The van der Waals surface area contributed by atoms with Gasteiger partial charge in [0.25, 0.3) is 5.91 Å². The summed E-state index contributed by atoms with van der Waals surface area (Å²) in [6.45, 7) is 0.246. The normalized spacial score (nSPS) is 13.8. The van der Waals surface area contributed by atoms with Crippen LogP contribution in [0.15, 0.2) is 42.6 Å². The van der Waals surface area contributed by atoms with Crippen LogP contribution in [0.25, 0.3) is 0 Å². The number of nitrogens with one attached hydrogen (secondary N) is 1. The molecule has 26 heavy (non-hydrogen) atoms. The van der Waals surface area contributed by atoms with Crippen molar-refractivity contribution in [2.45, 2.75) is 19.4 Å². The van der Waals surface area contributed by atoms with Gasteiger partial charge >= 0.3 is 0 Å². The van der Waals surface area contributed by atoms with E-state index in [4.69, 9.17) is 0 Å². The van der Waals surface area contributed by atoms with Gasteiger partial charge in [0.2, 0.25) is 11.8 Å². The molecule has 1 fully saturated rings. The molecular weight excluding hydrogens is 332 g/mol. The van der Waals surface area contributed by atoms with E-state index in [1.807, 2.05) is 25.1 Å². The van der Waals surface area contributed by atoms with Gasteiger partial charge in [0.15, 0.2) is 0 Å². The van der Waals surface area contributed by atoms with Gasteiger partial charge in [0.05, 0.1) is 18.4 Å². The van der Waals surface area contributed by atoms with Gasteiger partial charge in [-0.15, -0.1) is 0 Å². The Morgan fingerprint density at radius 3 is 2.27 bits per heavy atom. The molecule has 1 aromatic heterocycles. The van der Waals surface area contributed by atoms with E-state index < -0.39 is 0 Å². The van der Waals surface area contributed by atoms with E-state index in [9.17, 15) is 14.4 Å². The summed E-state index contributed by atoms with van der Waals surface area (Å²) >= 11 is 0. The minimum absolute atomic E-state index is 0.148. The lowest BCUT2D eigenvalue weighted by molar-refractivity contribution is -0.139. The Bertz CT molecular complexity index is 813. The maximum absolute atomic E-state index is 12.3. The van der Waals surface area contributed by atoms with Crippen LogP contribution in [0.4, 0.5) is 11.5 Å². The number of imide groups is 1. The van der Waals surface area contributed by atoms with E-state index in [1.165, 1.54) is 4.90 Å². The highest BCUT2D eigenvalue weighted by atomic mass is 16.2. The lowest BCUT2D eigenvalue weighted by Crippen LogP contribution is -2.28. The number of rotatable bonds is 5. The van der Waals surface area contributed by atoms with E-state index in [-0.39, 0.29) is 37.1 Å². The van der Waals surface area contributed by atoms with Crippen LogP contribution in [0.2, 0.25) is 0 Å². The summed E-state index contributed by atoms with van der Waals surface area (Å²) in [6, 6.07) is 10.5. The van der Waals surface area contributed by atoms with Crippen molar-refractivity contribution in [3.63, 3.8) is 0 Å². The average Bonchev–Trinajstić information content (AvgIpc) is 2.94. The van der Waals surface area contributed by atoms with Crippen molar-refractivity contribution < 1.29 is 14.4 Å². The third-order valence-electron chi connectivity index (χ3n) is 4.18. The van der Waals surface area contributed by atoms with Crippen LogP contribution < -0.4 is 10.2 Å². The van der Waals surface area contributed by atoms with E-state index in [0.717, 1.165) is 11.4 Å². The van der Waals surface area contributed by atoms with Crippen LogP contribution >= 0.6 is 0 Å². The van der Waals surface area contributed by atoms with Gasteiger partial charge < -0.3 is 10.2 Å². The van der Waals surface area contributed by atoms with E-state index in [2.05, 4.69) is 10.3 Å². The van der Waals surface area contributed by atoms with Gasteiger partial charge in [-0.25, -0.2) is 4.98 Å². The molecule has 3 rings (SSSR count). The molecule has 1 aliphatic heterocycles. The number of hydrogen-bond donors (Lipinski definition) is 1. The molecule has 1 saturated heterocycles. The number of carbonyl (C=O) groups excluding carboxylic acids is 3. The number of benzene rings is 1. The number of likely N-dealkylation sites (tertiary alicyclic amines) is 1. The average molecular weight is 352 g/mol. The molecule has 134 valence electrons. The number of pyridine rings is 1. The van der Waals surface area contributed by atoms with Crippen LogP contribution in [-0.2, 0) is 16.1 Å². The maximum Gasteiger partial charge on any atom is 0.255 e. The highest BCUT2D eigenvalue weighted by Gasteiger charge is 2.28. The molecule has 0 saturated carbocycles. The predicted octanol–water partition coefficient (Wildman–Crippen LogP) is 2.05. The first-order valence-corrected chi connectivity index (χ1v) is 8.31. The first-order valence-electron chi connectivity index (χ1n) is 8.31. The van der Waals surface area contributed by atoms with Crippen molar-refractivity contribution in [1.29, 1.82) is 0 Å². The Kier molecular flexibility index (Phi) is 4.97. The molecule has 0 bridgehead atoms. The van der Waals surface area contributed by atoms with Crippen molar-refractivity contribution in [2.75, 3.05) is 24.3 Å².